The van der Waals surface area contributed by atoms with E-state index in [-0.39, 0.29) is 5.75 Å². The molecule has 2 aromatic rings. The van der Waals surface area contributed by atoms with E-state index >= 15 is 0 Å². The van der Waals surface area contributed by atoms with Gasteiger partial charge >= 0.3 is 0 Å². The second kappa shape index (κ2) is 4.78. The van der Waals surface area contributed by atoms with Crippen LogP contribution in [0.2, 0.25) is 0 Å². The molecule has 0 heterocycles. The third-order valence-corrected chi connectivity index (χ3v) is 4.09. The topological polar surface area (TPSA) is 77.2 Å². The van der Waals surface area contributed by atoms with Gasteiger partial charge in [-0.05, 0) is 16.3 Å². The Hall–Kier alpha value is -1.88. The van der Waals surface area contributed by atoms with Gasteiger partial charge in [0.15, 0.2) is 9.84 Å². The van der Waals surface area contributed by atoms with Gasteiger partial charge in [-0.3, -0.25) is 4.79 Å². The van der Waals surface area contributed by atoms with Crippen molar-refractivity contribution in [1.82, 2.24) is 0 Å². The number of hydrogen-bond acceptors (Lipinski definition) is 3. The largest absolute Gasteiger partial charge is 0.369 e. The Bertz CT molecular complexity index is 687. The minimum absolute atomic E-state index is 0.169. The molecule has 5 heteroatoms. The summed E-state index contributed by atoms with van der Waals surface area (Å²) in [5.41, 5.74) is 5.62. The Morgan fingerprint density at radius 1 is 1.06 bits per heavy atom. The molecule has 2 aromatic carbocycles. The molecule has 0 fully saturated rings. The summed E-state index contributed by atoms with van der Waals surface area (Å²) in [5.74, 6) is -1.61. The summed E-state index contributed by atoms with van der Waals surface area (Å²) < 4.78 is 23.5. The number of sulfone groups is 1. The van der Waals surface area contributed by atoms with Gasteiger partial charge in [-0.15, -0.1) is 0 Å². The SMILES string of the molecule is NC(=O)CS(=O)(=O)Cc1cccc2ccccc12. The number of primary amides is 1. The molecule has 0 bridgehead atoms. The summed E-state index contributed by atoms with van der Waals surface area (Å²) in [4.78, 5) is 10.7. The Morgan fingerprint density at radius 3 is 2.44 bits per heavy atom. The molecule has 0 saturated carbocycles. The van der Waals surface area contributed by atoms with E-state index in [0.29, 0.717) is 5.56 Å². The smallest absolute Gasteiger partial charge is 0.232 e. The Morgan fingerprint density at radius 2 is 1.72 bits per heavy atom. The molecule has 94 valence electrons. The number of carbonyl (C=O) groups excluding carboxylic acids is 1. The summed E-state index contributed by atoms with van der Waals surface area (Å²) in [7, 11) is -3.50. The van der Waals surface area contributed by atoms with Crippen molar-refractivity contribution in [3.05, 3.63) is 48.0 Å². The van der Waals surface area contributed by atoms with E-state index in [1.165, 1.54) is 0 Å². The summed E-state index contributed by atoms with van der Waals surface area (Å²) in [6.07, 6.45) is 0. The van der Waals surface area contributed by atoms with Gasteiger partial charge in [-0.2, -0.15) is 0 Å². The number of rotatable bonds is 4. The number of carbonyl (C=O) groups is 1. The summed E-state index contributed by atoms with van der Waals surface area (Å²) in [5, 5.41) is 1.86. The molecule has 0 aliphatic heterocycles. The second-order valence-corrected chi connectivity index (χ2v) is 6.20. The summed E-state index contributed by atoms with van der Waals surface area (Å²) >= 11 is 0. The van der Waals surface area contributed by atoms with E-state index in [4.69, 9.17) is 5.73 Å². The zero-order valence-corrected chi connectivity index (χ0v) is 10.5. The molecule has 4 nitrogen and oxygen atoms in total. The van der Waals surface area contributed by atoms with Crippen molar-refractivity contribution in [2.75, 3.05) is 5.75 Å². The molecule has 2 rings (SSSR count). The first kappa shape index (κ1) is 12.6. The highest BCUT2D eigenvalue weighted by atomic mass is 32.2. The van der Waals surface area contributed by atoms with Gasteiger partial charge in [0.2, 0.25) is 5.91 Å². The maximum absolute atomic E-state index is 11.8. The van der Waals surface area contributed by atoms with Crippen LogP contribution in [0.25, 0.3) is 10.8 Å². The lowest BCUT2D eigenvalue weighted by atomic mass is 10.1. The Kier molecular flexibility index (Phi) is 3.34. The van der Waals surface area contributed by atoms with Crippen molar-refractivity contribution in [2.45, 2.75) is 5.75 Å². The van der Waals surface area contributed by atoms with Gasteiger partial charge in [-0.25, -0.2) is 8.42 Å². The Labute approximate surface area is 105 Å². The van der Waals surface area contributed by atoms with E-state index in [9.17, 15) is 13.2 Å². The molecule has 0 atom stereocenters. The maximum Gasteiger partial charge on any atom is 0.232 e. The molecule has 0 aromatic heterocycles. The van der Waals surface area contributed by atoms with Crippen molar-refractivity contribution >= 4 is 26.5 Å². The van der Waals surface area contributed by atoms with Crippen molar-refractivity contribution in [3.8, 4) is 0 Å². The third kappa shape index (κ3) is 2.87. The van der Waals surface area contributed by atoms with E-state index in [1.54, 1.807) is 12.1 Å². The van der Waals surface area contributed by atoms with E-state index in [2.05, 4.69) is 0 Å². The minimum Gasteiger partial charge on any atom is -0.369 e. The lowest BCUT2D eigenvalue weighted by Gasteiger charge is -2.06. The molecular formula is C13H13NO3S. The predicted octanol–water partition coefficient (Wildman–Crippen LogP) is 1.24. The van der Waals surface area contributed by atoms with Gasteiger partial charge < -0.3 is 5.73 Å². The van der Waals surface area contributed by atoms with Crippen molar-refractivity contribution in [1.29, 1.82) is 0 Å². The molecule has 0 aliphatic rings. The van der Waals surface area contributed by atoms with Crippen LogP contribution in [0.5, 0.6) is 0 Å². The van der Waals surface area contributed by atoms with Crippen LogP contribution in [-0.2, 0) is 20.4 Å². The molecule has 0 aliphatic carbocycles. The van der Waals surface area contributed by atoms with Gasteiger partial charge in [0.1, 0.15) is 5.75 Å². The van der Waals surface area contributed by atoms with E-state index in [1.807, 2.05) is 30.3 Å². The monoisotopic (exact) mass is 263 g/mol. The fourth-order valence-corrected chi connectivity index (χ4v) is 3.18. The first-order chi connectivity index (χ1) is 8.48. The maximum atomic E-state index is 11.8. The molecule has 0 radical (unpaired) electrons. The van der Waals surface area contributed by atoms with Crippen LogP contribution in [0.15, 0.2) is 42.5 Å². The fourth-order valence-electron chi connectivity index (χ4n) is 1.92. The summed E-state index contributed by atoms with van der Waals surface area (Å²) in [6, 6.07) is 13.0. The molecule has 0 spiro atoms. The number of nitrogens with two attached hydrogens (primary N) is 1. The van der Waals surface area contributed by atoms with Crippen LogP contribution in [-0.4, -0.2) is 20.1 Å². The lowest BCUT2D eigenvalue weighted by molar-refractivity contribution is -0.115. The number of hydrogen-bond donors (Lipinski definition) is 1. The normalized spacial score (nSPS) is 11.6. The first-order valence-electron chi connectivity index (χ1n) is 5.43. The quantitative estimate of drug-likeness (QED) is 0.901. The number of benzene rings is 2. The number of fused-ring (bicyclic) bond motifs is 1. The van der Waals surface area contributed by atoms with Crippen LogP contribution in [0.1, 0.15) is 5.56 Å². The molecular weight excluding hydrogens is 250 g/mol. The van der Waals surface area contributed by atoms with Crippen LogP contribution < -0.4 is 5.73 Å². The summed E-state index contributed by atoms with van der Waals surface area (Å²) in [6.45, 7) is 0. The second-order valence-electron chi connectivity index (χ2n) is 4.14. The molecule has 0 unspecified atom stereocenters. The molecule has 2 N–H and O–H groups in total. The highest BCUT2D eigenvalue weighted by molar-refractivity contribution is 7.91. The van der Waals surface area contributed by atoms with Crippen LogP contribution in [0.3, 0.4) is 0 Å². The molecule has 1 amide bonds. The zero-order valence-electron chi connectivity index (χ0n) is 9.67. The standard InChI is InChI=1S/C13H13NO3S/c14-13(15)9-18(16,17)8-11-6-3-5-10-4-1-2-7-12(10)11/h1-7H,8-9H2,(H2,14,15). The number of amides is 1. The fraction of sp³-hybridized carbons (Fsp3) is 0.154. The molecule has 18 heavy (non-hydrogen) atoms. The lowest BCUT2D eigenvalue weighted by Crippen LogP contribution is -2.24. The van der Waals surface area contributed by atoms with Gasteiger partial charge in [0.25, 0.3) is 0 Å². The van der Waals surface area contributed by atoms with Crippen LogP contribution in [0, 0.1) is 0 Å². The zero-order chi connectivity index (χ0) is 13.2. The first-order valence-corrected chi connectivity index (χ1v) is 7.25. The van der Waals surface area contributed by atoms with E-state index in [0.717, 1.165) is 10.8 Å². The van der Waals surface area contributed by atoms with Crippen molar-refractivity contribution in [3.63, 3.8) is 0 Å². The van der Waals surface area contributed by atoms with Crippen molar-refractivity contribution in [2.24, 2.45) is 5.73 Å². The van der Waals surface area contributed by atoms with Crippen LogP contribution >= 0.6 is 0 Å². The predicted molar refractivity (Wildman–Crippen MR) is 70.6 cm³/mol. The van der Waals surface area contributed by atoms with Gasteiger partial charge in [-0.1, -0.05) is 42.5 Å². The van der Waals surface area contributed by atoms with Gasteiger partial charge in [0.05, 0.1) is 5.75 Å². The average Bonchev–Trinajstić information content (AvgIpc) is 2.27. The highest BCUT2D eigenvalue weighted by Crippen LogP contribution is 2.20. The molecule has 0 saturated heterocycles. The average molecular weight is 263 g/mol. The van der Waals surface area contributed by atoms with Gasteiger partial charge in [0, 0.05) is 0 Å². The Balaban J connectivity index is 2.41. The third-order valence-electron chi connectivity index (χ3n) is 2.62. The van der Waals surface area contributed by atoms with Crippen LogP contribution in [0.4, 0.5) is 0 Å². The van der Waals surface area contributed by atoms with E-state index < -0.39 is 21.5 Å². The minimum atomic E-state index is -3.50. The highest BCUT2D eigenvalue weighted by Gasteiger charge is 2.16. The van der Waals surface area contributed by atoms with Crippen molar-refractivity contribution < 1.29 is 13.2 Å².